The predicted octanol–water partition coefficient (Wildman–Crippen LogP) is 1.88. The van der Waals surface area contributed by atoms with E-state index in [0.29, 0.717) is 5.56 Å². The summed E-state index contributed by atoms with van der Waals surface area (Å²) in [6.45, 7) is 5.47. The first-order valence-electron chi connectivity index (χ1n) is 7.44. The molecule has 0 unspecified atom stereocenters. The molecule has 0 radical (unpaired) electrons. The summed E-state index contributed by atoms with van der Waals surface area (Å²) in [5.74, 6) is -2.15. The highest BCUT2D eigenvalue weighted by Gasteiger charge is 2.61. The molecule has 2 aliphatic rings. The fourth-order valence-electron chi connectivity index (χ4n) is 3.02. The Kier molecular flexibility index (Phi) is 3.44. The SMILES string of the molecule is CC(C)(C)C1=C(C(=O)O)N2C(=O)[C@H]([C@@H](O)c3ccccc3)[C@H]2O1. The standard InChI is InChI=1S/C17H19NO5/c1-17(2,3)13-11(16(21)22)18-14(20)10(15(18)23-13)12(19)9-7-5-4-6-8-9/h4-8,10,12,15,19H,1-3H3,(H,21,22)/t10-,12-,15+/m0/s1. The van der Waals surface area contributed by atoms with Gasteiger partial charge in [-0.25, -0.2) is 4.79 Å². The van der Waals surface area contributed by atoms with Crippen LogP contribution in [0, 0.1) is 11.3 Å². The van der Waals surface area contributed by atoms with Gasteiger partial charge >= 0.3 is 5.97 Å². The number of amides is 1. The Balaban J connectivity index is 1.91. The Morgan fingerprint density at radius 3 is 2.39 bits per heavy atom. The maximum atomic E-state index is 12.4. The minimum atomic E-state index is -1.20. The predicted molar refractivity (Wildman–Crippen MR) is 80.7 cm³/mol. The van der Waals surface area contributed by atoms with E-state index in [4.69, 9.17) is 4.74 Å². The molecule has 2 N–H and O–H groups in total. The molecule has 122 valence electrons. The zero-order chi connectivity index (χ0) is 16.9. The van der Waals surface area contributed by atoms with Crippen LogP contribution in [0.2, 0.25) is 0 Å². The molecule has 0 aliphatic carbocycles. The Hall–Kier alpha value is -2.34. The fraction of sp³-hybridized carbons (Fsp3) is 0.412. The summed E-state index contributed by atoms with van der Waals surface area (Å²) in [4.78, 5) is 25.1. The summed E-state index contributed by atoms with van der Waals surface area (Å²) < 4.78 is 5.77. The van der Waals surface area contributed by atoms with Gasteiger partial charge in [-0.3, -0.25) is 9.69 Å². The van der Waals surface area contributed by atoms with Gasteiger partial charge in [-0.05, 0) is 5.56 Å². The third-order valence-corrected chi connectivity index (χ3v) is 4.14. The highest BCUT2D eigenvalue weighted by Crippen LogP contribution is 2.49. The van der Waals surface area contributed by atoms with Crippen molar-refractivity contribution in [3.05, 3.63) is 47.4 Å². The molecule has 2 aliphatic heterocycles. The number of benzene rings is 1. The van der Waals surface area contributed by atoms with E-state index in [-0.39, 0.29) is 11.5 Å². The summed E-state index contributed by atoms with van der Waals surface area (Å²) in [7, 11) is 0. The molecule has 6 heteroatoms. The number of allylic oxidation sites excluding steroid dienone is 1. The zero-order valence-electron chi connectivity index (χ0n) is 13.2. The second-order valence-corrected chi connectivity index (χ2v) is 6.83. The van der Waals surface area contributed by atoms with Crippen molar-refractivity contribution in [3.63, 3.8) is 0 Å². The number of hydrogen-bond donors (Lipinski definition) is 2. The van der Waals surface area contributed by atoms with E-state index < -0.39 is 35.5 Å². The summed E-state index contributed by atoms with van der Waals surface area (Å²) in [6.07, 6.45) is -1.79. The van der Waals surface area contributed by atoms with Gasteiger partial charge < -0.3 is 14.9 Å². The number of ether oxygens (including phenoxy) is 1. The van der Waals surface area contributed by atoms with E-state index in [1.165, 1.54) is 0 Å². The van der Waals surface area contributed by atoms with Crippen molar-refractivity contribution in [2.24, 2.45) is 11.3 Å². The molecule has 1 amide bonds. The maximum absolute atomic E-state index is 12.4. The second kappa shape index (κ2) is 5.09. The van der Waals surface area contributed by atoms with Crippen molar-refractivity contribution in [1.29, 1.82) is 0 Å². The number of aliphatic hydroxyl groups excluding tert-OH is 1. The lowest BCUT2D eigenvalue weighted by Gasteiger charge is -2.43. The maximum Gasteiger partial charge on any atom is 0.356 e. The Bertz CT molecular complexity index is 689. The molecule has 6 nitrogen and oxygen atoms in total. The van der Waals surface area contributed by atoms with Crippen molar-refractivity contribution < 1.29 is 24.5 Å². The summed E-state index contributed by atoms with van der Waals surface area (Å²) in [5.41, 5.74) is -0.0627. The van der Waals surface area contributed by atoms with E-state index in [2.05, 4.69) is 0 Å². The Morgan fingerprint density at radius 1 is 1.26 bits per heavy atom. The second-order valence-electron chi connectivity index (χ2n) is 6.83. The number of carboxylic acid groups (broad SMARTS) is 1. The summed E-state index contributed by atoms with van der Waals surface area (Å²) in [5, 5.41) is 19.9. The number of fused-ring (bicyclic) bond motifs is 1. The Morgan fingerprint density at radius 2 is 1.87 bits per heavy atom. The van der Waals surface area contributed by atoms with Gasteiger partial charge in [0.25, 0.3) is 0 Å². The first-order chi connectivity index (χ1) is 10.7. The summed E-state index contributed by atoms with van der Waals surface area (Å²) in [6, 6.07) is 8.82. The quantitative estimate of drug-likeness (QED) is 0.831. The van der Waals surface area contributed by atoms with E-state index in [9.17, 15) is 19.8 Å². The fourth-order valence-corrected chi connectivity index (χ4v) is 3.02. The van der Waals surface area contributed by atoms with Crippen LogP contribution < -0.4 is 0 Å². The van der Waals surface area contributed by atoms with Crippen LogP contribution in [0.3, 0.4) is 0 Å². The monoisotopic (exact) mass is 317 g/mol. The number of β-lactam (4-membered cyclic amide) rings is 1. The van der Waals surface area contributed by atoms with Gasteiger partial charge in [-0.1, -0.05) is 51.1 Å². The van der Waals surface area contributed by atoms with Crippen LogP contribution in [0.15, 0.2) is 41.8 Å². The number of rotatable bonds is 3. The number of carbonyl (C=O) groups is 2. The average Bonchev–Trinajstić information content (AvgIpc) is 2.84. The zero-order valence-corrected chi connectivity index (χ0v) is 13.2. The van der Waals surface area contributed by atoms with E-state index in [1.807, 2.05) is 26.8 Å². The van der Waals surface area contributed by atoms with Crippen LogP contribution in [0.25, 0.3) is 0 Å². The molecule has 1 fully saturated rings. The van der Waals surface area contributed by atoms with Crippen LogP contribution in [0.5, 0.6) is 0 Å². The molecule has 1 aromatic rings. The highest BCUT2D eigenvalue weighted by atomic mass is 16.5. The number of carboxylic acids is 1. The lowest BCUT2D eigenvalue weighted by atomic mass is 9.86. The van der Waals surface area contributed by atoms with Crippen molar-refractivity contribution in [3.8, 4) is 0 Å². The van der Waals surface area contributed by atoms with Gasteiger partial charge in [-0.2, -0.15) is 0 Å². The molecule has 3 atom stereocenters. The number of carbonyl (C=O) groups excluding carboxylic acids is 1. The van der Waals surface area contributed by atoms with Crippen LogP contribution in [-0.2, 0) is 14.3 Å². The van der Waals surface area contributed by atoms with Crippen molar-refractivity contribution in [1.82, 2.24) is 4.90 Å². The number of aliphatic carboxylic acids is 1. The molecule has 1 saturated heterocycles. The van der Waals surface area contributed by atoms with Gasteiger partial charge in [0.15, 0.2) is 11.9 Å². The van der Waals surface area contributed by atoms with E-state index in [0.717, 1.165) is 4.90 Å². The molecular formula is C17H19NO5. The highest BCUT2D eigenvalue weighted by molar-refractivity contribution is 5.98. The van der Waals surface area contributed by atoms with Crippen molar-refractivity contribution in [2.75, 3.05) is 0 Å². The first-order valence-corrected chi connectivity index (χ1v) is 7.44. The van der Waals surface area contributed by atoms with E-state index >= 15 is 0 Å². The first kappa shape index (κ1) is 15.6. The smallest absolute Gasteiger partial charge is 0.356 e. The molecule has 0 bridgehead atoms. The molecule has 3 rings (SSSR count). The van der Waals surface area contributed by atoms with Gasteiger partial charge in [0.1, 0.15) is 11.7 Å². The minimum Gasteiger partial charge on any atom is -0.476 e. The van der Waals surface area contributed by atoms with Gasteiger partial charge in [0, 0.05) is 5.41 Å². The number of nitrogens with zero attached hydrogens (tertiary/aromatic N) is 1. The molecule has 1 aromatic carbocycles. The van der Waals surface area contributed by atoms with Gasteiger partial charge in [0.05, 0.1) is 6.10 Å². The Labute approximate surface area is 134 Å². The molecule has 0 saturated carbocycles. The molecule has 0 aromatic heterocycles. The van der Waals surface area contributed by atoms with Crippen molar-refractivity contribution in [2.45, 2.75) is 33.1 Å². The van der Waals surface area contributed by atoms with Crippen LogP contribution >= 0.6 is 0 Å². The number of aliphatic hydroxyl groups is 1. The van der Waals surface area contributed by atoms with Crippen LogP contribution in [-0.4, -0.2) is 33.2 Å². The van der Waals surface area contributed by atoms with Crippen LogP contribution in [0.4, 0.5) is 0 Å². The number of hydrogen-bond acceptors (Lipinski definition) is 4. The minimum absolute atomic E-state index is 0.121. The topological polar surface area (TPSA) is 87.1 Å². The lowest BCUT2D eigenvalue weighted by Crippen LogP contribution is -2.61. The van der Waals surface area contributed by atoms with Crippen molar-refractivity contribution >= 4 is 11.9 Å². The molecule has 0 spiro atoms. The third kappa shape index (κ3) is 2.30. The molecule has 2 heterocycles. The van der Waals surface area contributed by atoms with Gasteiger partial charge in [0.2, 0.25) is 5.91 Å². The average molecular weight is 317 g/mol. The summed E-state index contributed by atoms with van der Waals surface area (Å²) >= 11 is 0. The van der Waals surface area contributed by atoms with Gasteiger partial charge in [-0.15, -0.1) is 0 Å². The molecular weight excluding hydrogens is 298 g/mol. The van der Waals surface area contributed by atoms with E-state index in [1.54, 1.807) is 24.3 Å². The third-order valence-electron chi connectivity index (χ3n) is 4.14. The lowest BCUT2D eigenvalue weighted by molar-refractivity contribution is -0.185. The molecule has 23 heavy (non-hydrogen) atoms. The van der Waals surface area contributed by atoms with Crippen LogP contribution in [0.1, 0.15) is 32.4 Å². The normalized spacial score (nSPS) is 24.9. The largest absolute Gasteiger partial charge is 0.476 e.